The monoisotopic (exact) mass is 354 g/mol. The molecule has 23 heavy (non-hydrogen) atoms. The number of rotatable bonds is 4. The molecule has 3 rings (SSSR count). The van der Waals surface area contributed by atoms with E-state index in [9.17, 15) is 13.5 Å². The minimum absolute atomic E-state index is 0.0576. The predicted octanol–water partition coefficient (Wildman–Crippen LogP) is 1.04. The third-order valence-electron chi connectivity index (χ3n) is 3.77. The minimum Gasteiger partial charge on any atom is -0.391 e. The molecule has 1 aromatic heterocycles. The Bertz CT molecular complexity index is 787. The molecule has 124 valence electrons. The van der Waals surface area contributed by atoms with Crippen LogP contribution in [0.15, 0.2) is 29.4 Å². The maximum Gasteiger partial charge on any atom is 0.214 e. The van der Waals surface area contributed by atoms with Crippen LogP contribution in [-0.4, -0.2) is 56.6 Å². The maximum atomic E-state index is 11.6. The first-order valence-electron chi connectivity index (χ1n) is 7.29. The average molecular weight is 354 g/mol. The molecule has 0 spiro atoms. The second kappa shape index (κ2) is 6.21. The number of aliphatic hydroxyl groups is 1. The second-order valence-corrected chi connectivity index (χ2v) is 9.28. The summed E-state index contributed by atoms with van der Waals surface area (Å²) in [6.07, 6.45) is -0.890. The van der Waals surface area contributed by atoms with E-state index in [1.165, 1.54) is 17.3 Å². The second-order valence-electron chi connectivity index (χ2n) is 5.92. The van der Waals surface area contributed by atoms with Crippen LogP contribution < -0.4 is 0 Å². The van der Waals surface area contributed by atoms with Gasteiger partial charge in [-0.1, -0.05) is 37.7 Å². The van der Waals surface area contributed by atoms with E-state index >= 15 is 0 Å². The summed E-state index contributed by atoms with van der Waals surface area (Å²) >= 11 is 1.20. The van der Waals surface area contributed by atoms with Crippen molar-refractivity contribution in [3.63, 3.8) is 0 Å². The molecule has 0 aliphatic carbocycles. The highest BCUT2D eigenvalue weighted by Gasteiger charge is 2.38. The molecule has 2 aromatic rings. The molecule has 1 fully saturated rings. The van der Waals surface area contributed by atoms with Gasteiger partial charge in [0.2, 0.25) is 5.16 Å². The highest BCUT2D eigenvalue weighted by molar-refractivity contribution is 8.01. The van der Waals surface area contributed by atoms with Gasteiger partial charge in [0, 0.05) is 0 Å². The number of thioether (sulfide) groups is 1. The number of aliphatic hydroxyl groups excluding tert-OH is 1. The summed E-state index contributed by atoms with van der Waals surface area (Å²) in [6, 6.07) is 7.89. The normalized spacial score (nSPS) is 23.5. The van der Waals surface area contributed by atoms with Crippen LogP contribution >= 0.6 is 11.8 Å². The van der Waals surface area contributed by atoms with E-state index in [0.717, 1.165) is 5.69 Å². The van der Waals surface area contributed by atoms with E-state index in [1.54, 1.807) is 4.68 Å². The Balaban J connectivity index is 1.82. The zero-order chi connectivity index (χ0) is 16.6. The fourth-order valence-electron chi connectivity index (χ4n) is 2.46. The van der Waals surface area contributed by atoms with Crippen molar-refractivity contribution in [3.05, 3.63) is 29.8 Å². The van der Waals surface area contributed by atoms with Crippen molar-refractivity contribution in [2.24, 2.45) is 0 Å². The molecule has 0 bridgehead atoms. The van der Waals surface area contributed by atoms with Crippen LogP contribution in [0.2, 0.25) is 0 Å². The lowest BCUT2D eigenvalue weighted by atomic mass is 10.0. The predicted molar refractivity (Wildman–Crippen MR) is 87.5 cm³/mol. The van der Waals surface area contributed by atoms with E-state index in [-0.39, 0.29) is 11.5 Å². The molecule has 1 N–H and O–H groups in total. The van der Waals surface area contributed by atoms with E-state index in [1.807, 2.05) is 24.3 Å². The molecular weight excluding hydrogens is 336 g/mol. The number of tetrazole rings is 1. The van der Waals surface area contributed by atoms with Gasteiger partial charge in [-0.25, -0.2) is 8.42 Å². The van der Waals surface area contributed by atoms with E-state index < -0.39 is 21.2 Å². The van der Waals surface area contributed by atoms with Crippen molar-refractivity contribution in [1.29, 1.82) is 0 Å². The summed E-state index contributed by atoms with van der Waals surface area (Å²) in [5, 5.41) is 21.5. The summed E-state index contributed by atoms with van der Waals surface area (Å²) in [4.78, 5) is 0. The summed E-state index contributed by atoms with van der Waals surface area (Å²) in [7, 11) is -3.19. The smallest absolute Gasteiger partial charge is 0.214 e. The summed E-state index contributed by atoms with van der Waals surface area (Å²) in [5.74, 6) is 0.179. The standard InChI is InChI=1S/C14H18N4O3S2/c1-9(2)10-3-5-11(6-4-10)18-14(15-16-17-18)22-13-8-23(20,21)7-12(13)19/h3-6,9,12-13,19H,7-8H2,1-2H3/t12-,13+/m1/s1. The SMILES string of the molecule is CC(C)c1ccc(-n2nnnc2S[C@H]2CS(=O)(=O)C[C@H]2O)cc1. The number of benzene rings is 1. The Morgan fingerprint density at radius 1 is 1.26 bits per heavy atom. The topological polar surface area (TPSA) is 98.0 Å². The van der Waals surface area contributed by atoms with Gasteiger partial charge in [0.25, 0.3) is 0 Å². The zero-order valence-corrected chi connectivity index (χ0v) is 14.5. The molecule has 0 unspecified atom stereocenters. The molecule has 9 heteroatoms. The number of nitrogens with zero attached hydrogens (tertiary/aromatic N) is 4. The molecule has 0 radical (unpaired) electrons. The highest BCUT2D eigenvalue weighted by atomic mass is 32.2. The van der Waals surface area contributed by atoms with Crippen LogP contribution in [0.25, 0.3) is 5.69 Å². The number of hydrogen-bond acceptors (Lipinski definition) is 7. The fraction of sp³-hybridized carbons (Fsp3) is 0.500. The summed E-state index contributed by atoms with van der Waals surface area (Å²) in [6.45, 7) is 4.24. The van der Waals surface area contributed by atoms with Gasteiger partial charge < -0.3 is 5.11 Å². The van der Waals surface area contributed by atoms with E-state index in [2.05, 4.69) is 29.4 Å². The lowest BCUT2D eigenvalue weighted by Crippen LogP contribution is -2.20. The molecule has 7 nitrogen and oxygen atoms in total. The van der Waals surface area contributed by atoms with E-state index in [0.29, 0.717) is 11.1 Å². The Hall–Kier alpha value is -1.45. The molecule has 0 saturated carbocycles. The zero-order valence-electron chi connectivity index (χ0n) is 12.8. The van der Waals surface area contributed by atoms with Crippen LogP contribution in [-0.2, 0) is 9.84 Å². The molecular formula is C14H18N4O3S2. The van der Waals surface area contributed by atoms with Crippen molar-refractivity contribution in [2.45, 2.75) is 36.3 Å². The quantitative estimate of drug-likeness (QED) is 0.876. The molecule has 2 atom stereocenters. The number of sulfone groups is 1. The fourth-order valence-corrected chi connectivity index (χ4v) is 5.94. The Morgan fingerprint density at radius 2 is 1.96 bits per heavy atom. The Kier molecular flexibility index (Phi) is 4.43. The molecule has 2 heterocycles. The van der Waals surface area contributed by atoms with Gasteiger partial charge in [0.1, 0.15) is 0 Å². The van der Waals surface area contributed by atoms with Crippen LogP contribution in [0.3, 0.4) is 0 Å². The van der Waals surface area contributed by atoms with Gasteiger partial charge in [0.05, 0.1) is 28.5 Å². The Morgan fingerprint density at radius 3 is 2.52 bits per heavy atom. The minimum atomic E-state index is -3.19. The summed E-state index contributed by atoms with van der Waals surface area (Å²) < 4.78 is 24.8. The van der Waals surface area contributed by atoms with Gasteiger partial charge in [0.15, 0.2) is 9.84 Å². The van der Waals surface area contributed by atoms with Crippen molar-refractivity contribution in [2.75, 3.05) is 11.5 Å². The van der Waals surface area contributed by atoms with Crippen LogP contribution in [0.1, 0.15) is 25.3 Å². The molecule has 1 saturated heterocycles. The third kappa shape index (κ3) is 3.56. The molecule has 1 aliphatic heterocycles. The van der Waals surface area contributed by atoms with Gasteiger partial charge in [-0.3, -0.25) is 0 Å². The average Bonchev–Trinajstić information content (AvgIpc) is 3.03. The summed E-state index contributed by atoms with van der Waals surface area (Å²) in [5.41, 5.74) is 2.02. The van der Waals surface area contributed by atoms with Gasteiger partial charge >= 0.3 is 0 Å². The number of aromatic nitrogens is 4. The lowest BCUT2D eigenvalue weighted by molar-refractivity contribution is 0.207. The van der Waals surface area contributed by atoms with Crippen molar-refractivity contribution in [3.8, 4) is 5.69 Å². The maximum absolute atomic E-state index is 11.6. The molecule has 1 aliphatic rings. The van der Waals surface area contributed by atoms with E-state index in [4.69, 9.17) is 0 Å². The van der Waals surface area contributed by atoms with Gasteiger partial charge in [-0.15, -0.1) is 5.10 Å². The van der Waals surface area contributed by atoms with Gasteiger partial charge in [-0.05, 0) is 34.0 Å². The van der Waals surface area contributed by atoms with Crippen LogP contribution in [0.5, 0.6) is 0 Å². The first kappa shape index (κ1) is 16.4. The molecule has 1 aromatic carbocycles. The first-order valence-corrected chi connectivity index (χ1v) is 10.00. The molecule has 0 amide bonds. The lowest BCUT2D eigenvalue weighted by Gasteiger charge is -2.12. The van der Waals surface area contributed by atoms with Crippen molar-refractivity contribution in [1.82, 2.24) is 20.2 Å². The Labute approximate surface area is 139 Å². The highest BCUT2D eigenvalue weighted by Crippen LogP contribution is 2.30. The van der Waals surface area contributed by atoms with Gasteiger partial charge in [-0.2, -0.15) is 4.68 Å². The van der Waals surface area contributed by atoms with Crippen molar-refractivity contribution >= 4 is 21.6 Å². The van der Waals surface area contributed by atoms with Crippen LogP contribution in [0.4, 0.5) is 0 Å². The van der Waals surface area contributed by atoms with Crippen molar-refractivity contribution < 1.29 is 13.5 Å². The van der Waals surface area contributed by atoms with Crippen LogP contribution in [0, 0.1) is 0 Å². The number of hydrogen-bond donors (Lipinski definition) is 1. The largest absolute Gasteiger partial charge is 0.391 e. The first-order chi connectivity index (χ1) is 10.9. The third-order valence-corrected chi connectivity index (χ3v) is 6.95.